The molecule has 3 heteroatoms. The molecule has 2 aromatic carbocycles. The molecule has 3 rings (SSSR count). The molecule has 0 atom stereocenters. The Morgan fingerprint density at radius 1 is 1.17 bits per heavy atom. The third-order valence-corrected chi connectivity index (χ3v) is 5.12. The molecule has 150 valence electrons. The Morgan fingerprint density at radius 3 is 2.60 bits per heavy atom. The summed E-state index contributed by atoms with van der Waals surface area (Å²) >= 11 is 0. The van der Waals surface area contributed by atoms with Crippen LogP contribution in [0.1, 0.15) is 31.5 Å². The van der Waals surface area contributed by atoms with Crippen LogP contribution in [0.25, 0.3) is 17.0 Å². The van der Waals surface area contributed by atoms with Gasteiger partial charge in [-0.15, -0.1) is 0 Å². The Labute approximate surface area is 178 Å². The lowest BCUT2D eigenvalue weighted by molar-refractivity contribution is 1.07. The Balaban J connectivity index is 2.08. The molecule has 3 nitrogen and oxygen atoms in total. The molecule has 3 aromatic rings. The summed E-state index contributed by atoms with van der Waals surface area (Å²) in [6.45, 7) is 10.1. The minimum Gasteiger partial charge on any atom is -0.359 e. The number of benzene rings is 2. The highest BCUT2D eigenvalue weighted by atomic mass is 14.9. The fourth-order valence-corrected chi connectivity index (χ4v) is 3.36. The summed E-state index contributed by atoms with van der Waals surface area (Å²) < 4.78 is 0. The fraction of sp³-hybridized carbons (Fsp3) is 0.148. The van der Waals surface area contributed by atoms with Crippen molar-refractivity contribution in [2.75, 3.05) is 5.32 Å². The molecule has 0 bridgehead atoms. The van der Waals surface area contributed by atoms with Crippen LogP contribution >= 0.6 is 0 Å². The largest absolute Gasteiger partial charge is 0.359 e. The van der Waals surface area contributed by atoms with Gasteiger partial charge in [0.15, 0.2) is 0 Å². The highest BCUT2D eigenvalue weighted by Crippen LogP contribution is 2.27. The summed E-state index contributed by atoms with van der Waals surface area (Å²) in [5, 5.41) is 14.4. The number of aryl methyl sites for hydroxylation is 1. The minimum absolute atomic E-state index is 0.515. The molecule has 2 N–H and O–H groups in total. The lowest BCUT2D eigenvalue weighted by Crippen LogP contribution is -2.06. The maximum Gasteiger partial charge on any atom is 0.101 e. The average molecular weight is 394 g/mol. The zero-order chi connectivity index (χ0) is 21.5. The van der Waals surface area contributed by atoms with Crippen molar-refractivity contribution in [1.29, 1.82) is 5.26 Å². The molecule has 0 amide bonds. The SMILES string of the molecule is C=C\C(C#N)=C(Nc1ccc2[nH]c(C)cc2c1)/C(/C=C/c1ccccc1)=C(\C)CC. The van der Waals surface area contributed by atoms with Gasteiger partial charge in [0, 0.05) is 22.3 Å². The van der Waals surface area contributed by atoms with Gasteiger partial charge in [-0.25, -0.2) is 0 Å². The lowest BCUT2D eigenvalue weighted by atomic mass is 9.98. The maximum atomic E-state index is 9.77. The molecule has 0 unspecified atom stereocenters. The number of nitrogens with one attached hydrogen (secondary N) is 2. The number of H-pyrrole nitrogens is 1. The van der Waals surface area contributed by atoms with E-state index in [0.29, 0.717) is 5.57 Å². The molecule has 0 fully saturated rings. The van der Waals surface area contributed by atoms with Gasteiger partial charge in [0.1, 0.15) is 6.07 Å². The van der Waals surface area contributed by atoms with E-state index in [9.17, 15) is 5.26 Å². The zero-order valence-corrected chi connectivity index (χ0v) is 17.8. The second kappa shape index (κ2) is 9.62. The molecular formula is C27H27N3. The summed E-state index contributed by atoms with van der Waals surface area (Å²) in [7, 11) is 0. The van der Waals surface area contributed by atoms with Crippen molar-refractivity contribution in [3.8, 4) is 6.07 Å². The highest BCUT2D eigenvalue weighted by molar-refractivity contribution is 5.84. The summed E-state index contributed by atoms with van der Waals surface area (Å²) in [5.74, 6) is 0. The van der Waals surface area contributed by atoms with Crippen LogP contribution < -0.4 is 5.32 Å². The predicted octanol–water partition coefficient (Wildman–Crippen LogP) is 7.29. The monoisotopic (exact) mass is 393 g/mol. The number of anilines is 1. The van der Waals surface area contributed by atoms with Gasteiger partial charge in [-0.1, -0.05) is 61.6 Å². The van der Waals surface area contributed by atoms with Crippen molar-refractivity contribution < 1.29 is 0 Å². The van der Waals surface area contributed by atoms with E-state index in [1.807, 2.05) is 31.2 Å². The predicted molar refractivity (Wildman–Crippen MR) is 128 cm³/mol. The van der Waals surface area contributed by atoms with Crippen LogP contribution in [-0.2, 0) is 0 Å². The van der Waals surface area contributed by atoms with E-state index in [1.54, 1.807) is 6.08 Å². The van der Waals surface area contributed by atoms with Crippen LogP contribution in [0.5, 0.6) is 0 Å². The number of nitrogens with zero attached hydrogens (tertiary/aromatic N) is 1. The second-order valence-electron chi connectivity index (χ2n) is 7.28. The van der Waals surface area contributed by atoms with E-state index in [-0.39, 0.29) is 0 Å². The third kappa shape index (κ3) is 4.79. The van der Waals surface area contributed by atoms with Crippen LogP contribution in [-0.4, -0.2) is 4.98 Å². The molecule has 1 aromatic heterocycles. The quantitative estimate of drug-likeness (QED) is 0.327. The van der Waals surface area contributed by atoms with E-state index in [2.05, 4.69) is 79.3 Å². The van der Waals surface area contributed by atoms with Crippen molar-refractivity contribution in [2.45, 2.75) is 27.2 Å². The maximum absolute atomic E-state index is 9.77. The number of nitriles is 1. The normalized spacial score (nSPS) is 13.0. The van der Waals surface area contributed by atoms with Gasteiger partial charge in [0.2, 0.25) is 0 Å². The topological polar surface area (TPSA) is 51.6 Å². The van der Waals surface area contributed by atoms with Gasteiger partial charge in [-0.3, -0.25) is 0 Å². The number of hydrogen-bond donors (Lipinski definition) is 2. The van der Waals surface area contributed by atoms with Gasteiger partial charge >= 0.3 is 0 Å². The molecule has 0 saturated heterocycles. The first-order chi connectivity index (χ1) is 14.5. The smallest absolute Gasteiger partial charge is 0.101 e. The fourth-order valence-electron chi connectivity index (χ4n) is 3.36. The molecule has 1 heterocycles. The van der Waals surface area contributed by atoms with E-state index >= 15 is 0 Å². The van der Waals surface area contributed by atoms with Gasteiger partial charge in [0.25, 0.3) is 0 Å². The molecule has 0 aliphatic heterocycles. The van der Waals surface area contributed by atoms with E-state index in [4.69, 9.17) is 0 Å². The number of aromatic nitrogens is 1. The van der Waals surface area contributed by atoms with E-state index in [0.717, 1.165) is 45.5 Å². The van der Waals surface area contributed by atoms with Gasteiger partial charge < -0.3 is 10.3 Å². The van der Waals surface area contributed by atoms with Crippen molar-refractivity contribution >= 4 is 22.7 Å². The number of hydrogen-bond acceptors (Lipinski definition) is 2. The van der Waals surface area contributed by atoms with Crippen molar-refractivity contribution in [1.82, 2.24) is 4.98 Å². The highest BCUT2D eigenvalue weighted by Gasteiger charge is 2.12. The lowest BCUT2D eigenvalue weighted by Gasteiger charge is -2.17. The first-order valence-corrected chi connectivity index (χ1v) is 10.1. The average Bonchev–Trinajstić information content (AvgIpc) is 3.14. The van der Waals surface area contributed by atoms with Crippen molar-refractivity contribution in [2.24, 2.45) is 0 Å². The number of aromatic amines is 1. The molecular weight excluding hydrogens is 366 g/mol. The van der Waals surface area contributed by atoms with Crippen molar-refractivity contribution in [3.05, 3.63) is 107 Å². The van der Waals surface area contributed by atoms with E-state index < -0.39 is 0 Å². The zero-order valence-electron chi connectivity index (χ0n) is 17.8. The van der Waals surface area contributed by atoms with Gasteiger partial charge in [-0.05, 0) is 61.7 Å². The molecule has 0 spiro atoms. The van der Waals surface area contributed by atoms with Crippen LogP contribution in [0.3, 0.4) is 0 Å². The Kier molecular flexibility index (Phi) is 6.72. The van der Waals surface area contributed by atoms with Crippen LogP contribution in [0.4, 0.5) is 5.69 Å². The third-order valence-electron chi connectivity index (χ3n) is 5.12. The van der Waals surface area contributed by atoms with Crippen LogP contribution in [0, 0.1) is 18.3 Å². The van der Waals surface area contributed by atoms with Crippen LogP contribution in [0.2, 0.25) is 0 Å². The first kappa shape index (κ1) is 21.0. The van der Waals surface area contributed by atoms with Gasteiger partial charge in [0.05, 0.1) is 11.3 Å². The second-order valence-corrected chi connectivity index (χ2v) is 7.28. The summed E-state index contributed by atoms with van der Waals surface area (Å²) in [5.41, 5.74) is 7.74. The Morgan fingerprint density at radius 2 is 1.93 bits per heavy atom. The molecule has 0 aliphatic carbocycles. The summed E-state index contributed by atoms with van der Waals surface area (Å²) in [6, 6.07) is 20.7. The molecule has 0 radical (unpaired) electrons. The van der Waals surface area contributed by atoms with Crippen LogP contribution in [0.15, 0.2) is 95.7 Å². The minimum atomic E-state index is 0.515. The van der Waals surface area contributed by atoms with Gasteiger partial charge in [-0.2, -0.15) is 5.26 Å². The standard InChI is InChI=1S/C27H27N3/c1-5-19(3)25(14-12-21-10-8-7-9-11-21)27(22(6-2)18-28)30-24-13-15-26-23(17-24)16-20(4)29-26/h6-17,29-30H,2,5H2,1,3-4H3/b14-12+,25-19+,27-22-. The van der Waals surface area contributed by atoms with E-state index in [1.165, 1.54) is 5.57 Å². The summed E-state index contributed by atoms with van der Waals surface area (Å²) in [4.78, 5) is 3.34. The molecule has 30 heavy (non-hydrogen) atoms. The van der Waals surface area contributed by atoms with Crippen molar-refractivity contribution in [3.63, 3.8) is 0 Å². The first-order valence-electron chi connectivity index (χ1n) is 10.1. The Bertz CT molecular complexity index is 1180. The molecule has 0 aliphatic rings. The Hall–Kier alpha value is -3.77. The number of rotatable bonds is 7. The number of fused-ring (bicyclic) bond motifs is 1. The number of allylic oxidation sites excluding steroid dienone is 4. The molecule has 0 saturated carbocycles. The summed E-state index contributed by atoms with van der Waals surface area (Å²) in [6.07, 6.45) is 6.65.